The molecule has 2 aromatic carbocycles. The second-order valence-electron chi connectivity index (χ2n) is 7.31. The van der Waals surface area contributed by atoms with Gasteiger partial charge in [0.2, 0.25) is 0 Å². The van der Waals surface area contributed by atoms with Crippen LogP contribution in [0, 0.1) is 13.8 Å². The monoisotopic (exact) mass is 452 g/mol. The second kappa shape index (κ2) is 13.0. The Morgan fingerprint density at radius 3 is 1.07 bits per heavy atom. The largest absolute Gasteiger partial charge is 2.00 e. The summed E-state index contributed by atoms with van der Waals surface area (Å²) in [5.74, 6) is 0. The standard InChI is InChI=1S/C11H20Si.2C7H7.Zr/c1-7-8(2)10(4)11(9(7)3)12(5)6;2*1-7-5-3-2-4-6-7;/h11-12H,1-6H3;2*2-6H,1H2;/q;2*-1;+2. The maximum absolute atomic E-state index is 3.72. The normalized spacial score (nSPS) is 13.4. The van der Waals surface area contributed by atoms with E-state index < -0.39 is 8.80 Å². The van der Waals surface area contributed by atoms with E-state index in [2.05, 4.69) is 54.6 Å². The summed E-state index contributed by atoms with van der Waals surface area (Å²) in [6, 6.07) is 19.7. The third-order valence-electron chi connectivity index (χ3n) is 5.03. The van der Waals surface area contributed by atoms with Gasteiger partial charge in [0.15, 0.2) is 0 Å². The summed E-state index contributed by atoms with van der Waals surface area (Å²) < 4.78 is 0. The van der Waals surface area contributed by atoms with Crippen molar-refractivity contribution in [3.05, 3.63) is 108 Å². The topological polar surface area (TPSA) is 0 Å². The molecule has 142 valence electrons. The molecule has 3 rings (SSSR count). The smallest absolute Gasteiger partial charge is 0.199 e. The van der Waals surface area contributed by atoms with Crippen molar-refractivity contribution in [2.24, 2.45) is 0 Å². The van der Waals surface area contributed by atoms with Crippen molar-refractivity contribution in [1.29, 1.82) is 0 Å². The Kier molecular flexibility index (Phi) is 12.4. The quantitative estimate of drug-likeness (QED) is 0.315. The molecule has 0 aliphatic heterocycles. The van der Waals surface area contributed by atoms with Crippen molar-refractivity contribution >= 4 is 8.80 Å². The average Bonchev–Trinajstić information content (AvgIpc) is 2.81. The molecule has 0 nitrogen and oxygen atoms in total. The van der Waals surface area contributed by atoms with E-state index in [-0.39, 0.29) is 26.2 Å². The third-order valence-corrected chi connectivity index (χ3v) is 7.36. The van der Waals surface area contributed by atoms with Gasteiger partial charge in [0.25, 0.3) is 0 Å². The van der Waals surface area contributed by atoms with Crippen molar-refractivity contribution in [1.82, 2.24) is 0 Å². The van der Waals surface area contributed by atoms with E-state index in [0.29, 0.717) is 0 Å². The molecular weight excluding hydrogens is 420 g/mol. The van der Waals surface area contributed by atoms with Gasteiger partial charge in [-0.05, 0) is 44.4 Å². The van der Waals surface area contributed by atoms with Crippen LogP contribution < -0.4 is 0 Å². The first-order chi connectivity index (χ1) is 12.3. The molecule has 1 aliphatic carbocycles. The molecule has 0 amide bonds. The first-order valence-electron chi connectivity index (χ1n) is 9.34. The van der Waals surface area contributed by atoms with Gasteiger partial charge in [-0.15, -0.1) is 24.3 Å². The SMILES string of the molecule is CC1=C(C)C([SiH](C)C)C(C)=C1C.[CH2-]c1ccccc1.[CH2-]c1ccccc1.[Zr+2]. The van der Waals surface area contributed by atoms with Gasteiger partial charge >= 0.3 is 26.2 Å². The molecule has 27 heavy (non-hydrogen) atoms. The van der Waals surface area contributed by atoms with Crippen LogP contribution in [0.25, 0.3) is 0 Å². The number of hydrogen-bond donors (Lipinski definition) is 0. The fraction of sp³-hybridized carbons (Fsp3) is 0.280. The van der Waals surface area contributed by atoms with E-state index in [4.69, 9.17) is 0 Å². The number of benzene rings is 2. The average molecular weight is 454 g/mol. The Morgan fingerprint density at radius 2 is 0.926 bits per heavy atom. The molecular formula is C25H34SiZr. The summed E-state index contributed by atoms with van der Waals surface area (Å²) in [5, 5.41) is 0. The van der Waals surface area contributed by atoms with E-state index in [9.17, 15) is 0 Å². The van der Waals surface area contributed by atoms with Gasteiger partial charge in [0, 0.05) is 8.80 Å². The molecule has 2 aromatic rings. The van der Waals surface area contributed by atoms with Crippen LogP contribution in [0.2, 0.25) is 18.6 Å². The van der Waals surface area contributed by atoms with Crippen molar-refractivity contribution < 1.29 is 26.2 Å². The zero-order valence-corrected chi connectivity index (χ0v) is 21.5. The maximum atomic E-state index is 3.72. The van der Waals surface area contributed by atoms with Crippen molar-refractivity contribution in [2.75, 3.05) is 0 Å². The van der Waals surface area contributed by atoms with Gasteiger partial charge in [0.05, 0.1) is 0 Å². The van der Waals surface area contributed by atoms with Gasteiger partial charge in [-0.3, -0.25) is 0 Å². The molecule has 0 unspecified atom stereocenters. The minimum atomic E-state index is -0.531. The molecule has 2 heteroatoms. The minimum Gasteiger partial charge on any atom is -0.199 e. The third kappa shape index (κ3) is 8.54. The fourth-order valence-corrected chi connectivity index (χ4v) is 5.84. The van der Waals surface area contributed by atoms with E-state index in [1.807, 2.05) is 60.7 Å². The molecule has 1 aliphatic rings. The predicted molar refractivity (Wildman–Crippen MR) is 121 cm³/mol. The second-order valence-corrected chi connectivity index (χ2v) is 10.5. The fourth-order valence-electron chi connectivity index (χ4n) is 3.34. The van der Waals surface area contributed by atoms with Gasteiger partial charge in [-0.2, -0.15) is 49.2 Å². The Bertz CT molecular complexity index is 666. The zero-order valence-electron chi connectivity index (χ0n) is 17.8. The van der Waals surface area contributed by atoms with Crippen LogP contribution in [0.3, 0.4) is 0 Å². The van der Waals surface area contributed by atoms with Crippen LogP contribution in [0.1, 0.15) is 38.8 Å². The van der Waals surface area contributed by atoms with E-state index >= 15 is 0 Å². The minimum absolute atomic E-state index is 0. The molecule has 0 fully saturated rings. The van der Waals surface area contributed by atoms with Crippen molar-refractivity contribution in [2.45, 2.75) is 46.3 Å². The van der Waals surface area contributed by atoms with E-state index in [1.54, 1.807) is 22.3 Å². The summed E-state index contributed by atoms with van der Waals surface area (Å²) in [6.07, 6.45) is 0. The Balaban J connectivity index is 0.000000390. The molecule has 0 radical (unpaired) electrons. The number of hydrogen-bond acceptors (Lipinski definition) is 0. The zero-order chi connectivity index (χ0) is 19.7. The Hall–Kier alpha value is -1.24. The van der Waals surface area contributed by atoms with Crippen LogP contribution in [-0.2, 0) is 26.2 Å². The van der Waals surface area contributed by atoms with Gasteiger partial charge in [-0.25, -0.2) is 0 Å². The molecule has 0 N–H and O–H groups in total. The summed E-state index contributed by atoms with van der Waals surface area (Å²) in [6.45, 7) is 21.5. The predicted octanol–water partition coefficient (Wildman–Crippen LogP) is 7.26. The molecule has 0 saturated heterocycles. The van der Waals surface area contributed by atoms with Gasteiger partial charge in [-0.1, -0.05) is 36.4 Å². The number of rotatable bonds is 1. The van der Waals surface area contributed by atoms with Crippen LogP contribution in [0.5, 0.6) is 0 Å². The molecule has 0 atom stereocenters. The van der Waals surface area contributed by atoms with Crippen molar-refractivity contribution in [3.8, 4) is 0 Å². The van der Waals surface area contributed by atoms with Gasteiger partial charge in [0.1, 0.15) is 0 Å². The van der Waals surface area contributed by atoms with Crippen LogP contribution >= 0.6 is 0 Å². The molecule has 0 saturated carbocycles. The van der Waals surface area contributed by atoms with Crippen LogP contribution in [0.4, 0.5) is 0 Å². The van der Waals surface area contributed by atoms with Crippen LogP contribution in [0.15, 0.2) is 83.0 Å². The Labute approximate surface area is 188 Å². The molecule has 0 bridgehead atoms. The molecule has 0 heterocycles. The van der Waals surface area contributed by atoms with Gasteiger partial charge < -0.3 is 0 Å². The summed E-state index contributed by atoms with van der Waals surface area (Å²) >= 11 is 0. The van der Waals surface area contributed by atoms with Crippen molar-refractivity contribution in [3.63, 3.8) is 0 Å². The Morgan fingerprint density at radius 1 is 0.630 bits per heavy atom. The molecule has 0 aromatic heterocycles. The summed E-state index contributed by atoms with van der Waals surface area (Å²) in [5.41, 5.74) is 9.39. The maximum Gasteiger partial charge on any atom is 2.00 e. The molecule has 0 spiro atoms. The first-order valence-corrected chi connectivity index (χ1v) is 12.3. The number of allylic oxidation sites excluding steroid dienone is 4. The summed E-state index contributed by atoms with van der Waals surface area (Å²) in [7, 11) is -0.531. The van der Waals surface area contributed by atoms with Crippen LogP contribution in [-0.4, -0.2) is 8.80 Å². The van der Waals surface area contributed by atoms with E-state index in [1.165, 1.54) is 0 Å². The summed E-state index contributed by atoms with van der Waals surface area (Å²) in [4.78, 5) is 0. The first kappa shape index (κ1) is 25.8. The van der Waals surface area contributed by atoms with E-state index in [0.717, 1.165) is 16.7 Å².